The van der Waals surface area contributed by atoms with Gasteiger partial charge in [0.1, 0.15) is 0 Å². The van der Waals surface area contributed by atoms with E-state index in [2.05, 4.69) is 20.3 Å². The lowest BCUT2D eigenvalue weighted by Gasteiger charge is -1.94. The summed E-state index contributed by atoms with van der Waals surface area (Å²) >= 11 is 1.49. The third-order valence-corrected chi connectivity index (χ3v) is 4.30. The molecule has 3 heterocycles. The van der Waals surface area contributed by atoms with Crippen molar-refractivity contribution < 1.29 is 13.4 Å². The minimum atomic E-state index is 0.386. The van der Waals surface area contributed by atoms with E-state index in [0.29, 0.717) is 35.0 Å². The summed E-state index contributed by atoms with van der Waals surface area (Å²) in [6.45, 7) is 0. The molecule has 0 unspecified atom stereocenters. The Morgan fingerprint density at radius 2 is 1.92 bits per heavy atom. The first-order valence-electron chi connectivity index (χ1n) is 7.77. The van der Waals surface area contributed by atoms with Gasteiger partial charge < -0.3 is 13.4 Å². The molecule has 0 saturated carbocycles. The summed E-state index contributed by atoms with van der Waals surface area (Å²) in [4.78, 5) is 4.41. The minimum absolute atomic E-state index is 0.386. The standard InChI is InChI=1S/C17H14N4O3S/c1-2-6-12(7-3-1)15-18-14(24-21-15)9-5-11-25-17-20-19-16(23-17)13-8-4-10-22-13/h1-4,6-8,10H,5,9,11H2. The van der Waals surface area contributed by atoms with Crippen LogP contribution in [0, 0.1) is 0 Å². The predicted octanol–water partition coefficient (Wildman–Crippen LogP) is 4.10. The summed E-state index contributed by atoms with van der Waals surface area (Å²) in [6, 6.07) is 13.3. The molecule has 0 amide bonds. The second-order valence-electron chi connectivity index (χ2n) is 5.18. The van der Waals surface area contributed by atoms with E-state index in [9.17, 15) is 0 Å². The van der Waals surface area contributed by atoms with E-state index in [0.717, 1.165) is 17.7 Å². The molecular weight excluding hydrogens is 340 g/mol. The maximum atomic E-state index is 5.54. The normalized spacial score (nSPS) is 11.0. The lowest BCUT2D eigenvalue weighted by atomic mass is 10.2. The maximum absolute atomic E-state index is 5.54. The van der Waals surface area contributed by atoms with Crippen LogP contribution in [0.15, 0.2) is 67.3 Å². The van der Waals surface area contributed by atoms with Gasteiger partial charge in [-0.25, -0.2) is 0 Å². The number of hydrogen-bond donors (Lipinski definition) is 0. The molecule has 0 aliphatic rings. The van der Waals surface area contributed by atoms with Crippen LogP contribution in [-0.4, -0.2) is 26.1 Å². The Hall–Kier alpha value is -2.87. The van der Waals surface area contributed by atoms with E-state index in [1.807, 2.05) is 30.3 Å². The second kappa shape index (κ2) is 7.35. The summed E-state index contributed by atoms with van der Waals surface area (Å²) in [7, 11) is 0. The Labute approximate surface area is 147 Å². The van der Waals surface area contributed by atoms with Gasteiger partial charge in [0.2, 0.25) is 11.7 Å². The Kier molecular flexibility index (Phi) is 4.60. The van der Waals surface area contributed by atoms with Crippen LogP contribution in [0.5, 0.6) is 0 Å². The van der Waals surface area contributed by atoms with E-state index >= 15 is 0 Å². The first kappa shape index (κ1) is 15.6. The topological polar surface area (TPSA) is 91.0 Å². The van der Waals surface area contributed by atoms with E-state index in [4.69, 9.17) is 13.4 Å². The highest BCUT2D eigenvalue weighted by Crippen LogP contribution is 2.24. The highest BCUT2D eigenvalue weighted by atomic mass is 32.2. The van der Waals surface area contributed by atoms with Crippen LogP contribution in [0.2, 0.25) is 0 Å². The fourth-order valence-electron chi connectivity index (χ4n) is 2.21. The zero-order valence-electron chi connectivity index (χ0n) is 13.2. The molecule has 0 aliphatic heterocycles. The molecule has 0 saturated heterocycles. The second-order valence-corrected chi connectivity index (χ2v) is 6.23. The molecule has 8 heteroatoms. The van der Waals surface area contributed by atoms with Gasteiger partial charge in [-0.05, 0) is 18.6 Å². The molecule has 0 N–H and O–H groups in total. The molecule has 3 aromatic heterocycles. The fourth-order valence-corrected chi connectivity index (χ4v) is 2.91. The van der Waals surface area contributed by atoms with Crippen LogP contribution >= 0.6 is 11.8 Å². The number of nitrogens with zero attached hydrogens (tertiary/aromatic N) is 4. The van der Waals surface area contributed by atoms with Gasteiger partial charge >= 0.3 is 0 Å². The number of benzene rings is 1. The maximum Gasteiger partial charge on any atom is 0.284 e. The van der Waals surface area contributed by atoms with E-state index in [1.54, 1.807) is 18.4 Å². The van der Waals surface area contributed by atoms with Gasteiger partial charge in [0, 0.05) is 17.7 Å². The van der Waals surface area contributed by atoms with Crippen molar-refractivity contribution >= 4 is 11.8 Å². The number of aryl methyl sites for hydroxylation is 1. The van der Waals surface area contributed by atoms with Crippen molar-refractivity contribution in [2.24, 2.45) is 0 Å². The van der Waals surface area contributed by atoms with Crippen molar-refractivity contribution in [1.82, 2.24) is 20.3 Å². The summed E-state index contributed by atoms with van der Waals surface area (Å²) < 4.78 is 16.1. The molecular formula is C17H14N4O3S. The molecule has 126 valence electrons. The zero-order chi connectivity index (χ0) is 16.9. The summed E-state index contributed by atoms with van der Waals surface area (Å²) in [5.41, 5.74) is 0.947. The largest absolute Gasteiger partial charge is 0.459 e. The van der Waals surface area contributed by atoms with Crippen molar-refractivity contribution in [2.45, 2.75) is 18.1 Å². The molecule has 0 spiro atoms. The van der Waals surface area contributed by atoms with Gasteiger partial charge in [-0.1, -0.05) is 47.3 Å². The first-order chi connectivity index (χ1) is 12.4. The van der Waals surface area contributed by atoms with Gasteiger partial charge in [0.25, 0.3) is 11.1 Å². The van der Waals surface area contributed by atoms with E-state index < -0.39 is 0 Å². The van der Waals surface area contributed by atoms with Gasteiger partial charge in [0.15, 0.2) is 5.76 Å². The van der Waals surface area contributed by atoms with Gasteiger partial charge in [-0.3, -0.25) is 0 Å². The lowest BCUT2D eigenvalue weighted by Crippen LogP contribution is -1.88. The molecule has 0 fully saturated rings. The molecule has 0 aliphatic carbocycles. The van der Waals surface area contributed by atoms with Crippen LogP contribution in [0.25, 0.3) is 23.0 Å². The highest BCUT2D eigenvalue weighted by molar-refractivity contribution is 7.99. The predicted molar refractivity (Wildman–Crippen MR) is 90.8 cm³/mol. The molecule has 0 atom stereocenters. The Morgan fingerprint density at radius 1 is 1.00 bits per heavy atom. The van der Waals surface area contributed by atoms with Gasteiger partial charge in [-0.15, -0.1) is 10.2 Å². The molecule has 4 aromatic rings. The number of aromatic nitrogens is 4. The molecule has 1 aromatic carbocycles. The van der Waals surface area contributed by atoms with Crippen molar-refractivity contribution in [3.63, 3.8) is 0 Å². The van der Waals surface area contributed by atoms with Crippen LogP contribution < -0.4 is 0 Å². The van der Waals surface area contributed by atoms with Crippen LogP contribution in [0.4, 0.5) is 0 Å². The SMILES string of the molecule is c1ccc(-c2noc(CCCSc3nnc(-c4ccco4)o3)n2)cc1. The molecule has 4 rings (SSSR count). The van der Waals surface area contributed by atoms with Crippen LogP contribution in [-0.2, 0) is 6.42 Å². The number of rotatable bonds is 7. The third-order valence-electron chi connectivity index (χ3n) is 3.40. The van der Waals surface area contributed by atoms with E-state index in [1.165, 1.54) is 11.8 Å². The Morgan fingerprint density at radius 3 is 2.76 bits per heavy atom. The van der Waals surface area contributed by atoms with Gasteiger partial charge in [0.05, 0.1) is 6.26 Å². The first-order valence-corrected chi connectivity index (χ1v) is 8.75. The molecule has 7 nitrogen and oxygen atoms in total. The van der Waals surface area contributed by atoms with Gasteiger partial charge in [-0.2, -0.15) is 4.98 Å². The lowest BCUT2D eigenvalue weighted by molar-refractivity contribution is 0.378. The van der Waals surface area contributed by atoms with Crippen LogP contribution in [0.3, 0.4) is 0 Å². The van der Waals surface area contributed by atoms with Crippen molar-refractivity contribution in [1.29, 1.82) is 0 Å². The minimum Gasteiger partial charge on any atom is -0.459 e. The summed E-state index contributed by atoms with van der Waals surface area (Å²) in [5, 5.41) is 12.5. The van der Waals surface area contributed by atoms with E-state index in [-0.39, 0.29) is 0 Å². The summed E-state index contributed by atoms with van der Waals surface area (Å²) in [6.07, 6.45) is 3.13. The van der Waals surface area contributed by atoms with Crippen molar-refractivity contribution in [3.8, 4) is 23.0 Å². The van der Waals surface area contributed by atoms with Crippen molar-refractivity contribution in [3.05, 3.63) is 54.6 Å². The molecule has 0 radical (unpaired) electrons. The molecule has 25 heavy (non-hydrogen) atoms. The fraction of sp³-hybridized carbons (Fsp3) is 0.176. The van der Waals surface area contributed by atoms with Crippen molar-refractivity contribution in [2.75, 3.05) is 5.75 Å². The Bertz CT molecular complexity index is 918. The summed E-state index contributed by atoms with van der Waals surface area (Å²) in [5.74, 6) is 3.00. The highest BCUT2D eigenvalue weighted by Gasteiger charge is 2.12. The third kappa shape index (κ3) is 3.80. The zero-order valence-corrected chi connectivity index (χ0v) is 14.0. The number of hydrogen-bond acceptors (Lipinski definition) is 8. The average molecular weight is 354 g/mol. The monoisotopic (exact) mass is 354 g/mol. The number of thioether (sulfide) groups is 1. The quantitative estimate of drug-likeness (QED) is 0.362. The average Bonchev–Trinajstić information content (AvgIpc) is 3.40. The Balaban J connectivity index is 1.27. The molecule has 0 bridgehead atoms. The number of furan rings is 1. The smallest absolute Gasteiger partial charge is 0.284 e. The van der Waals surface area contributed by atoms with Crippen LogP contribution in [0.1, 0.15) is 12.3 Å².